The minimum atomic E-state index is 0.731. The molecule has 0 aliphatic rings. The van der Waals surface area contributed by atoms with E-state index < -0.39 is 0 Å². The largest absolute Gasteiger partial charge is 0.396 e. The van der Waals surface area contributed by atoms with Gasteiger partial charge in [-0.05, 0) is 23.9 Å². The predicted molar refractivity (Wildman–Crippen MR) is 80.2 cm³/mol. The fourth-order valence-electron chi connectivity index (χ4n) is 2.00. The number of aromatic nitrogens is 2. The van der Waals surface area contributed by atoms with Crippen LogP contribution in [0.5, 0.6) is 0 Å². The average molecular weight is 269 g/mol. The Kier molecular flexibility index (Phi) is 3.09. The Labute approximate surface area is 116 Å². The minimum Gasteiger partial charge on any atom is -0.396 e. The molecule has 0 spiro atoms. The van der Waals surface area contributed by atoms with Gasteiger partial charge in [-0.1, -0.05) is 35.9 Å². The smallest absolute Gasteiger partial charge is 0.125 e. The van der Waals surface area contributed by atoms with Gasteiger partial charge in [-0.3, -0.25) is 4.68 Å². The Morgan fingerprint density at radius 1 is 1.21 bits per heavy atom. The van der Waals surface area contributed by atoms with Crippen LogP contribution < -0.4 is 5.73 Å². The van der Waals surface area contributed by atoms with E-state index in [2.05, 4.69) is 36.3 Å². The van der Waals surface area contributed by atoms with Gasteiger partial charge in [0.05, 0.1) is 17.1 Å². The summed E-state index contributed by atoms with van der Waals surface area (Å²) >= 11 is 1.66. The molecule has 0 fully saturated rings. The van der Waals surface area contributed by atoms with E-state index in [1.807, 2.05) is 28.4 Å². The molecule has 1 aromatic carbocycles. The molecular formula is C15H15N3S. The number of benzene rings is 1. The van der Waals surface area contributed by atoms with E-state index in [9.17, 15) is 0 Å². The first-order valence-electron chi connectivity index (χ1n) is 6.15. The molecular weight excluding hydrogens is 254 g/mol. The van der Waals surface area contributed by atoms with Crippen LogP contribution in [0.25, 0.3) is 10.6 Å². The number of nitrogens with two attached hydrogens (primary N) is 1. The van der Waals surface area contributed by atoms with E-state index in [1.54, 1.807) is 11.3 Å². The lowest BCUT2D eigenvalue weighted by Crippen LogP contribution is -2.00. The molecule has 0 aliphatic heterocycles. The number of nitrogens with zero attached hydrogens (tertiary/aromatic N) is 2. The summed E-state index contributed by atoms with van der Waals surface area (Å²) < 4.78 is 1.90. The van der Waals surface area contributed by atoms with Crippen molar-refractivity contribution in [3.63, 3.8) is 0 Å². The molecule has 0 radical (unpaired) electrons. The normalized spacial score (nSPS) is 10.8. The summed E-state index contributed by atoms with van der Waals surface area (Å²) in [5.74, 6) is 0. The molecule has 0 unspecified atom stereocenters. The third-order valence-electron chi connectivity index (χ3n) is 3.01. The Bertz CT molecular complexity index is 666. The van der Waals surface area contributed by atoms with E-state index in [0.29, 0.717) is 0 Å². The highest BCUT2D eigenvalue weighted by Gasteiger charge is 2.09. The van der Waals surface area contributed by atoms with Gasteiger partial charge in [-0.25, -0.2) is 0 Å². The maximum atomic E-state index is 6.03. The quantitative estimate of drug-likeness (QED) is 0.790. The van der Waals surface area contributed by atoms with Gasteiger partial charge < -0.3 is 5.73 Å². The zero-order valence-corrected chi connectivity index (χ0v) is 11.5. The summed E-state index contributed by atoms with van der Waals surface area (Å²) in [6.07, 6.45) is 1.90. The van der Waals surface area contributed by atoms with Gasteiger partial charge in [0, 0.05) is 6.20 Å². The third-order valence-corrected chi connectivity index (χ3v) is 3.89. The number of aryl methyl sites for hydroxylation is 1. The molecule has 2 aromatic heterocycles. The van der Waals surface area contributed by atoms with Crippen molar-refractivity contribution in [2.24, 2.45) is 0 Å². The summed E-state index contributed by atoms with van der Waals surface area (Å²) in [6.45, 7) is 2.83. The summed E-state index contributed by atoms with van der Waals surface area (Å²) in [5.41, 5.74) is 10.1. The standard InChI is InChI=1S/C15H15N3S/c1-11-4-6-12(7-5-11)9-18-10-13(16)15(17-18)14-3-2-8-19-14/h2-8,10H,9,16H2,1H3. The SMILES string of the molecule is Cc1ccc(Cn2cc(N)c(-c3cccs3)n2)cc1. The maximum Gasteiger partial charge on any atom is 0.125 e. The molecule has 0 amide bonds. The number of hydrogen-bond acceptors (Lipinski definition) is 3. The number of rotatable bonds is 3. The molecule has 3 nitrogen and oxygen atoms in total. The first-order chi connectivity index (χ1) is 9.22. The fourth-order valence-corrected chi connectivity index (χ4v) is 2.73. The van der Waals surface area contributed by atoms with Crippen LogP contribution in [0.2, 0.25) is 0 Å². The van der Waals surface area contributed by atoms with Gasteiger partial charge in [-0.15, -0.1) is 11.3 Å². The Morgan fingerprint density at radius 2 is 2.00 bits per heavy atom. The van der Waals surface area contributed by atoms with Gasteiger partial charge in [-0.2, -0.15) is 5.10 Å². The van der Waals surface area contributed by atoms with E-state index >= 15 is 0 Å². The lowest BCUT2D eigenvalue weighted by atomic mass is 10.1. The molecule has 3 aromatic rings. The monoisotopic (exact) mass is 269 g/mol. The molecule has 19 heavy (non-hydrogen) atoms. The van der Waals surface area contributed by atoms with Crippen molar-refractivity contribution >= 4 is 17.0 Å². The Morgan fingerprint density at radius 3 is 2.68 bits per heavy atom. The highest BCUT2D eigenvalue weighted by Crippen LogP contribution is 2.28. The first-order valence-corrected chi connectivity index (χ1v) is 7.03. The first kappa shape index (κ1) is 12.0. The van der Waals surface area contributed by atoms with Gasteiger partial charge in [0.15, 0.2) is 0 Å². The fraction of sp³-hybridized carbons (Fsp3) is 0.133. The second-order valence-electron chi connectivity index (χ2n) is 4.59. The van der Waals surface area contributed by atoms with Gasteiger partial charge in [0.25, 0.3) is 0 Å². The van der Waals surface area contributed by atoms with E-state index in [4.69, 9.17) is 5.73 Å². The molecule has 0 saturated carbocycles. The molecule has 0 atom stereocenters. The Balaban J connectivity index is 1.87. The van der Waals surface area contributed by atoms with Crippen molar-refractivity contribution in [3.05, 3.63) is 59.1 Å². The van der Waals surface area contributed by atoms with Crippen LogP contribution in [-0.4, -0.2) is 9.78 Å². The zero-order chi connectivity index (χ0) is 13.2. The van der Waals surface area contributed by atoms with E-state index in [1.165, 1.54) is 11.1 Å². The molecule has 0 saturated heterocycles. The van der Waals surface area contributed by atoms with Crippen LogP contribution in [0.4, 0.5) is 5.69 Å². The minimum absolute atomic E-state index is 0.731. The van der Waals surface area contributed by atoms with Crippen LogP contribution in [-0.2, 0) is 6.54 Å². The lowest BCUT2D eigenvalue weighted by molar-refractivity contribution is 0.690. The van der Waals surface area contributed by atoms with Crippen LogP contribution in [0.15, 0.2) is 48.0 Å². The van der Waals surface area contributed by atoms with E-state index in [-0.39, 0.29) is 0 Å². The van der Waals surface area contributed by atoms with Crippen molar-refractivity contribution in [1.29, 1.82) is 0 Å². The van der Waals surface area contributed by atoms with Crippen molar-refractivity contribution in [1.82, 2.24) is 9.78 Å². The summed E-state index contributed by atoms with van der Waals surface area (Å²) in [5, 5.41) is 6.61. The number of anilines is 1. The predicted octanol–water partition coefficient (Wildman–Crippen LogP) is 3.55. The highest BCUT2D eigenvalue weighted by molar-refractivity contribution is 7.13. The highest BCUT2D eigenvalue weighted by atomic mass is 32.1. The van der Waals surface area contributed by atoms with Crippen LogP contribution in [0.1, 0.15) is 11.1 Å². The van der Waals surface area contributed by atoms with Crippen LogP contribution in [0.3, 0.4) is 0 Å². The van der Waals surface area contributed by atoms with Crippen LogP contribution in [0, 0.1) is 6.92 Å². The number of hydrogen-bond donors (Lipinski definition) is 1. The van der Waals surface area contributed by atoms with Gasteiger partial charge in [0.2, 0.25) is 0 Å². The summed E-state index contributed by atoms with van der Waals surface area (Å²) in [7, 11) is 0. The number of thiophene rings is 1. The van der Waals surface area contributed by atoms with E-state index in [0.717, 1.165) is 22.8 Å². The second-order valence-corrected chi connectivity index (χ2v) is 5.54. The summed E-state index contributed by atoms with van der Waals surface area (Å²) in [4.78, 5) is 1.11. The molecule has 96 valence electrons. The van der Waals surface area contributed by atoms with Gasteiger partial charge in [0.1, 0.15) is 5.69 Å². The number of nitrogen functional groups attached to an aromatic ring is 1. The lowest BCUT2D eigenvalue weighted by Gasteiger charge is -2.02. The average Bonchev–Trinajstić information content (AvgIpc) is 3.01. The molecule has 0 aliphatic carbocycles. The van der Waals surface area contributed by atoms with Crippen molar-refractivity contribution in [3.8, 4) is 10.6 Å². The molecule has 3 rings (SSSR count). The molecule has 4 heteroatoms. The Hall–Kier alpha value is -2.07. The van der Waals surface area contributed by atoms with Crippen molar-refractivity contribution in [2.75, 3.05) is 5.73 Å². The maximum absolute atomic E-state index is 6.03. The van der Waals surface area contributed by atoms with Crippen molar-refractivity contribution < 1.29 is 0 Å². The summed E-state index contributed by atoms with van der Waals surface area (Å²) in [6, 6.07) is 12.5. The molecule has 2 heterocycles. The molecule has 2 N–H and O–H groups in total. The third kappa shape index (κ3) is 2.53. The zero-order valence-electron chi connectivity index (χ0n) is 10.7. The van der Waals surface area contributed by atoms with Crippen LogP contribution >= 0.6 is 11.3 Å². The molecule has 0 bridgehead atoms. The van der Waals surface area contributed by atoms with Gasteiger partial charge >= 0.3 is 0 Å². The topological polar surface area (TPSA) is 43.8 Å². The second kappa shape index (κ2) is 4.90. The van der Waals surface area contributed by atoms with Crippen molar-refractivity contribution in [2.45, 2.75) is 13.5 Å².